The predicted molar refractivity (Wildman–Crippen MR) is 137 cm³/mol. The number of aryl methyl sites for hydroxylation is 1. The van der Waals surface area contributed by atoms with Crippen LogP contribution in [0.1, 0.15) is 49.4 Å². The Morgan fingerprint density at radius 2 is 1.83 bits per heavy atom. The number of pyridine rings is 1. The van der Waals surface area contributed by atoms with Gasteiger partial charge in [0.1, 0.15) is 12.9 Å². The van der Waals surface area contributed by atoms with Gasteiger partial charge >= 0.3 is 6.09 Å². The molecule has 2 aromatic heterocycles. The minimum Gasteiger partial charge on any atom is -0.477 e. The number of carbonyl (C=O) groups is 1. The highest BCUT2D eigenvalue weighted by molar-refractivity contribution is 6.31. The van der Waals surface area contributed by atoms with Crippen LogP contribution in [0.3, 0.4) is 0 Å². The summed E-state index contributed by atoms with van der Waals surface area (Å²) in [7, 11) is 0. The molecular formula is C27H31ClN4O4. The smallest absolute Gasteiger partial charge is 0.410 e. The van der Waals surface area contributed by atoms with Crippen molar-refractivity contribution in [1.82, 2.24) is 19.9 Å². The van der Waals surface area contributed by atoms with Gasteiger partial charge in [0.25, 0.3) is 0 Å². The summed E-state index contributed by atoms with van der Waals surface area (Å²) in [5, 5.41) is 0.589. The number of ether oxygens (including phenoxy) is 3. The number of hydrogen-bond donors (Lipinski definition) is 0. The maximum Gasteiger partial charge on any atom is 0.410 e. The lowest BCUT2D eigenvalue weighted by atomic mass is 10.1. The van der Waals surface area contributed by atoms with E-state index in [0.717, 1.165) is 30.5 Å². The molecular weight excluding hydrogens is 480 g/mol. The standard InChI is InChI=1S/C27H31ClN4O4/c1-4-21-11-12-22(32(21)27(33)35-16-20-8-5-6-9-23(20)28)13-15-34-25-18(2)26(31-17-30-25)36-24-10-7-14-29-19(24)3/h5-10,14,17,21-22H,4,11-13,15-16H2,1-3H3. The van der Waals surface area contributed by atoms with E-state index in [4.69, 9.17) is 25.8 Å². The van der Waals surface area contributed by atoms with Gasteiger partial charge in [-0.05, 0) is 51.3 Å². The third kappa shape index (κ3) is 6.05. The summed E-state index contributed by atoms with van der Waals surface area (Å²) in [5.74, 6) is 1.51. The fourth-order valence-corrected chi connectivity index (χ4v) is 4.60. The van der Waals surface area contributed by atoms with Crippen molar-refractivity contribution < 1.29 is 19.0 Å². The van der Waals surface area contributed by atoms with E-state index in [1.807, 2.05) is 49.1 Å². The van der Waals surface area contributed by atoms with Crippen LogP contribution in [0.25, 0.3) is 0 Å². The highest BCUT2D eigenvalue weighted by atomic mass is 35.5. The van der Waals surface area contributed by atoms with Crippen LogP contribution in [0.5, 0.6) is 17.5 Å². The third-order valence-electron chi connectivity index (χ3n) is 6.46. The minimum absolute atomic E-state index is 0.0320. The van der Waals surface area contributed by atoms with Gasteiger partial charge in [0.15, 0.2) is 5.75 Å². The first-order chi connectivity index (χ1) is 17.5. The Kier molecular flexibility index (Phi) is 8.59. The zero-order valence-corrected chi connectivity index (χ0v) is 21.6. The Labute approximate surface area is 216 Å². The summed E-state index contributed by atoms with van der Waals surface area (Å²) >= 11 is 6.21. The number of carbonyl (C=O) groups excluding carboxylic acids is 1. The maximum atomic E-state index is 13.0. The first-order valence-electron chi connectivity index (χ1n) is 12.2. The Hall–Kier alpha value is -3.39. The molecule has 1 aromatic carbocycles. The lowest BCUT2D eigenvalue weighted by Crippen LogP contribution is -2.42. The number of halogens is 1. The van der Waals surface area contributed by atoms with Gasteiger partial charge in [-0.15, -0.1) is 0 Å². The fourth-order valence-electron chi connectivity index (χ4n) is 4.41. The molecule has 1 fully saturated rings. The van der Waals surface area contributed by atoms with Crippen LogP contribution in [0.2, 0.25) is 5.02 Å². The summed E-state index contributed by atoms with van der Waals surface area (Å²) in [4.78, 5) is 27.7. The zero-order valence-electron chi connectivity index (χ0n) is 20.8. The highest BCUT2D eigenvalue weighted by Crippen LogP contribution is 2.31. The lowest BCUT2D eigenvalue weighted by Gasteiger charge is -2.29. The van der Waals surface area contributed by atoms with Crippen molar-refractivity contribution >= 4 is 17.7 Å². The van der Waals surface area contributed by atoms with Gasteiger partial charge in [-0.25, -0.2) is 14.8 Å². The summed E-state index contributed by atoms with van der Waals surface area (Å²) in [6.45, 7) is 6.37. The van der Waals surface area contributed by atoms with E-state index in [0.29, 0.717) is 41.1 Å². The number of nitrogens with zero attached hydrogens (tertiary/aromatic N) is 4. The Bertz CT molecular complexity index is 1190. The second-order valence-electron chi connectivity index (χ2n) is 8.78. The van der Waals surface area contributed by atoms with Crippen LogP contribution < -0.4 is 9.47 Å². The predicted octanol–water partition coefficient (Wildman–Crippen LogP) is 6.28. The van der Waals surface area contributed by atoms with Crippen LogP contribution in [0.15, 0.2) is 48.9 Å². The van der Waals surface area contributed by atoms with Gasteiger partial charge in [0.2, 0.25) is 11.8 Å². The summed E-state index contributed by atoms with van der Waals surface area (Å²) in [6.07, 6.45) is 6.20. The number of aromatic nitrogens is 3. The second kappa shape index (κ2) is 12.0. The van der Waals surface area contributed by atoms with E-state index in [1.54, 1.807) is 12.3 Å². The van der Waals surface area contributed by atoms with E-state index in [9.17, 15) is 4.79 Å². The number of hydrogen-bond acceptors (Lipinski definition) is 7. The van der Waals surface area contributed by atoms with Crippen molar-refractivity contribution in [1.29, 1.82) is 0 Å². The third-order valence-corrected chi connectivity index (χ3v) is 6.83. The molecule has 0 aliphatic carbocycles. The van der Waals surface area contributed by atoms with Crippen LogP contribution in [0, 0.1) is 13.8 Å². The van der Waals surface area contributed by atoms with Crippen LogP contribution in [0.4, 0.5) is 4.79 Å². The molecule has 1 aliphatic rings. The van der Waals surface area contributed by atoms with Crippen molar-refractivity contribution in [2.24, 2.45) is 0 Å². The van der Waals surface area contributed by atoms with Gasteiger partial charge in [-0.3, -0.25) is 4.98 Å². The molecule has 4 rings (SSSR count). The first kappa shape index (κ1) is 25.7. The highest BCUT2D eigenvalue weighted by Gasteiger charge is 2.36. The summed E-state index contributed by atoms with van der Waals surface area (Å²) in [5.41, 5.74) is 2.26. The largest absolute Gasteiger partial charge is 0.477 e. The van der Waals surface area contributed by atoms with Crippen LogP contribution >= 0.6 is 11.6 Å². The molecule has 1 amide bonds. The summed E-state index contributed by atoms with van der Waals surface area (Å²) < 4.78 is 17.6. The molecule has 0 N–H and O–H groups in total. The number of rotatable bonds is 9. The Balaban J connectivity index is 1.36. The van der Waals surface area contributed by atoms with E-state index in [-0.39, 0.29) is 24.8 Å². The summed E-state index contributed by atoms with van der Waals surface area (Å²) in [6, 6.07) is 11.2. The van der Waals surface area contributed by atoms with Crippen LogP contribution in [-0.2, 0) is 11.3 Å². The van der Waals surface area contributed by atoms with Crippen LogP contribution in [-0.4, -0.2) is 44.6 Å². The molecule has 9 heteroatoms. The first-order valence-corrected chi connectivity index (χ1v) is 12.6. The minimum atomic E-state index is -0.315. The van der Waals surface area contributed by atoms with Gasteiger partial charge < -0.3 is 19.1 Å². The van der Waals surface area contributed by atoms with E-state index in [1.165, 1.54) is 6.33 Å². The Morgan fingerprint density at radius 1 is 1.06 bits per heavy atom. The monoisotopic (exact) mass is 510 g/mol. The van der Waals surface area contributed by atoms with Gasteiger partial charge in [0, 0.05) is 35.3 Å². The van der Waals surface area contributed by atoms with Crippen molar-refractivity contribution in [3.05, 3.63) is 70.8 Å². The Morgan fingerprint density at radius 3 is 2.61 bits per heavy atom. The van der Waals surface area contributed by atoms with Gasteiger partial charge in [-0.1, -0.05) is 36.7 Å². The quantitative estimate of drug-likeness (QED) is 0.334. The molecule has 1 aliphatic heterocycles. The normalized spacial score (nSPS) is 17.2. The zero-order chi connectivity index (χ0) is 25.5. The SMILES string of the molecule is CCC1CCC(CCOc2ncnc(Oc3cccnc3C)c2C)N1C(=O)OCc1ccccc1Cl. The lowest BCUT2D eigenvalue weighted by molar-refractivity contribution is 0.0732. The molecule has 36 heavy (non-hydrogen) atoms. The second-order valence-corrected chi connectivity index (χ2v) is 9.19. The molecule has 2 atom stereocenters. The molecule has 0 spiro atoms. The molecule has 1 saturated heterocycles. The maximum absolute atomic E-state index is 13.0. The molecule has 0 radical (unpaired) electrons. The molecule has 2 unspecified atom stereocenters. The topological polar surface area (TPSA) is 86.7 Å². The van der Waals surface area contributed by atoms with Gasteiger partial charge in [0.05, 0.1) is 17.9 Å². The van der Waals surface area contributed by atoms with Crippen molar-refractivity contribution in [3.8, 4) is 17.5 Å². The molecule has 190 valence electrons. The van der Waals surface area contributed by atoms with E-state index < -0.39 is 0 Å². The molecule has 3 aromatic rings. The fraction of sp³-hybridized carbons (Fsp3) is 0.407. The average Bonchev–Trinajstić information content (AvgIpc) is 3.30. The van der Waals surface area contributed by atoms with Crippen molar-refractivity contribution in [2.45, 2.75) is 65.1 Å². The molecule has 0 bridgehead atoms. The van der Waals surface area contributed by atoms with Crippen molar-refractivity contribution in [3.63, 3.8) is 0 Å². The molecule has 8 nitrogen and oxygen atoms in total. The van der Waals surface area contributed by atoms with Gasteiger partial charge in [-0.2, -0.15) is 0 Å². The molecule has 3 heterocycles. The van der Waals surface area contributed by atoms with E-state index >= 15 is 0 Å². The average molecular weight is 511 g/mol. The number of benzene rings is 1. The molecule has 0 saturated carbocycles. The number of likely N-dealkylation sites (tertiary alicyclic amines) is 1. The van der Waals surface area contributed by atoms with Crippen molar-refractivity contribution in [2.75, 3.05) is 6.61 Å². The van der Waals surface area contributed by atoms with E-state index in [2.05, 4.69) is 21.9 Å². The number of amides is 1.